The smallest absolute Gasteiger partial charge is 0.256 e. The van der Waals surface area contributed by atoms with Gasteiger partial charge in [-0.25, -0.2) is 0 Å². The highest BCUT2D eigenvalue weighted by molar-refractivity contribution is 5.97. The van der Waals surface area contributed by atoms with Gasteiger partial charge in [0.15, 0.2) is 0 Å². The van der Waals surface area contributed by atoms with Crippen LogP contribution in [-0.4, -0.2) is 51.5 Å². The summed E-state index contributed by atoms with van der Waals surface area (Å²) in [6.45, 7) is 5.92. The van der Waals surface area contributed by atoms with Gasteiger partial charge in [0.05, 0.1) is 6.61 Å². The maximum atomic E-state index is 12.8. The minimum atomic E-state index is -0.751. The number of piperidine rings is 1. The summed E-state index contributed by atoms with van der Waals surface area (Å²) in [5.41, 5.74) is 1.06. The molecule has 1 amide bonds. The molecule has 0 unspecified atom stereocenters. The van der Waals surface area contributed by atoms with Gasteiger partial charge in [0.25, 0.3) is 5.91 Å². The molecule has 1 aromatic carbocycles. The lowest BCUT2D eigenvalue weighted by Crippen LogP contribution is -2.51. The molecule has 3 rings (SSSR count). The SMILES string of the molecule is COC1(C(=O)Nc2ccc(C)c(OCC3CCOCC3)c2)CCNCC1. The number of anilines is 1. The van der Waals surface area contributed by atoms with E-state index in [-0.39, 0.29) is 5.91 Å². The lowest BCUT2D eigenvalue weighted by Gasteiger charge is -2.34. The molecule has 2 fully saturated rings. The first-order chi connectivity index (χ1) is 12.6. The van der Waals surface area contributed by atoms with Crippen LogP contribution in [0.3, 0.4) is 0 Å². The number of rotatable bonds is 6. The second-order valence-electron chi connectivity index (χ2n) is 7.25. The van der Waals surface area contributed by atoms with Crippen LogP contribution < -0.4 is 15.4 Å². The van der Waals surface area contributed by atoms with Gasteiger partial charge >= 0.3 is 0 Å². The third kappa shape index (κ3) is 4.55. The fourth-order valence-corrected chi connectivity index (χ4v) is 3.55. The molecular formula is C20H30N2O4. The predicted molar refractivity (Wildman–Crippen MR) is 101 cm³/mol. The maximum absolute atomic E-state index is 12.8. The van der Waals surface area contributed by atoms with E-state index in [0.717, 1.165) is 56.1 Å². The number of carbonyl (C=O) groups is 1. The molecule has 26 heavy (non-hydrogen) atoms. The number of methoxy groups -OCH3 is 1. The summed E-state index contributed by atoms with van der Waals surface area (Å²) in [5.74, 6) is 1.28. The largest absolute Gasteiger partial charge is 0.493 e. The van der Waals surface area contributed by atoms with Gasteiger partial charge in [-0.05, 0) is 63.2 Å². The Bertz CT molecular complexity index is 608. The van der Waals surface area contributed by atoms with Crippen molar-refractivity contribution in [2.24, 2.45) is 5.92 Å². The normalized spacial score (nSPS) is 20.5. The minimum absolute atomic E-state index is 0.0827. The Balaban J connectivity index is 1.63. The Labute approximate surface area is 155 Å². The number of amides is 1. The number of benzene rings is 1. The van der Waals surface area contributed by atoms with Crippen molar-refractivity contribution < 1.29 is 19.0 Å². The third-order valence-corrected chi connectivity index (χ3v) is 5.48. The van der Waals surface area contributed by atoms with Crippen LogP contribution in [-0.2, 0) is 14.3 Å². The topological polar surface area (TPSA) is 68.8 Å². The van der Waals surface area contributed by atoms with Crippen molar-refractivity contribution in [1.82, 2.24) is 5.32 Å². The minimum Gasteiger partial charge on any atom is -0.493 e. The lowest BCUT2D eigenvalue weighted by molar-refractivity contribution is -0.140. The van der Waals surface area contributed by atoms with Crippen LogP contribution in [0.5, 0.6) is 5.75 Å². The Morgan fingerprint density at radius 1 is 1.31 bits per heavy atom. The molecule has 0 aromatic heterocycles. The number of nitrogens with one attached hydrogen (secondary N) is 2. The molecule has 0 radical (unpaired) electrons. The van der Waals surface area contributed by atoms with Gasteiger partial charge in [-0.2, -0.15) is 0 Å². The molecule has 2 aliphatic rings. The summed E-state index contributed by atoms with van der Waals surface area (Å²) >= 11 is 0. The Kier molecular flexibility index (Phi) is 6.51. The van der Waals surface area contributed by atoms with Gasteiger partial charge in [-0.1, -0.05) is 6.07 Å². The highest BCUT2D eigenvalue weighted by Crippen LogP contribution is 2.28. The van der Waals surface area contributed by atoms with Gasteiger partial charge in [-0.3, -0.25) is 4.79 Å². The number of aryl methyl sites for hydroxylation is 1. The number of hydrogen-bond donors (Lipinski definition) is 2. The number of carbonyl (C=O) groups excluding carboxylic acids is 1. The fourth-order valence-electron chi connectivity index (χ4n) is 3.55. The second kappa shape index (κ2) is 8.84. The van der Waals surface area contributed by atoms with E-state index in [0.29, 0.717) is 25.4 Å². The van der Waals surface area contributed by atoms with Crippen LogP contribution in [0, 0.1) is 12.8 Å². The molecular weight excluding hydrogens is 332 g/mol. The molecule has 2 saturated heterocycles. The second-order valence-corrected chi connectivity index (χ2v) is 7.25. The van der Waals surface area contributed by atoms with E-state index >= 15 is 0 Å². The van der Waals surface area contributed by atoms with Gasteiger partial charge in [0.2, 0.25) is 0 Å². The van der Waals surface area contributed by atoms with Gasteiger partial charge in [-0.15, -0.1) is 0 Å². The monoisotopic (exact) mass is 362 g/mol. The molecule has 6 nitrogen and oxygen atoms in total. The van der Waals surface area contributed by atoms with E-state index in [4.69, 9.17) is 14.2 Å². The molecule has 2 heterocycles. The quantitative estimate of drug-likeness (QED) is 0.814. The lowest BCUT2D eigenvalue weighted by atomic mass is 9.91. The molecule has 0 saturated carbocycles. The molecule has 0 bridgehead atoms. The van der Waals surface area contributed by atoms with E-state index in [9.17, 15) is 4.79 Å². The molecule has 2 aliphatic heterocycles. The highest BCUT2D eigenvalue weighted by Gasteiger charge is 2.39. The Morgan fingerprint density at radius 2 is 2.04 bits per heavy atom. The average molecular weight is 362 g/mol. The molecule has 0 aliphatic carbocycles. The molecule has 0 atom stereocenters. The maximum Gasteiger partial charge on any atom is 0.256 e. The molecule has 2 N–H and O–H groups in total. The first-order valence-corrected chi connectivity index (χ1v) is 9.51. The standard InChI is InChI=1S/C20H30N2O4/c1-15-3-4-17(13-18(15)26-14-16-5-11-25-12-6-16)22-19(23)20(24-2)7-9-21-10-8-20/h3-4,13,16,21H,5-12,14H2,1-2H3,(H,22,23). The summed E-state index contributed by atoms with van der Waals surface area (Å²) in [6.07, 6.45) is 3.43. The zero-order valence-electron chi connectivity index (χ0n) is 15.8. The summed E-state index contributed by atoms with van der Waals surface area (Å²) in [5, 5.41) is 6.29. The summed E-state index contributed by atoms with van der Waals surface area (Å²) < 4.78 is 17.0. The molecule has 0 spiro atoms. The van der Waals surface area contributed by atoms with Crippen LogP contribution in [0.25, 0.3) is 0 Å². The van der Waals surface area contributed by atoms with Crippen LogP contribution in [0.2, 0.25) is 0 Å². The van der Waals surface area contributed by atoms with E-state index in [1.165, 1.54) is 0 Å². The van der Waals surface area contributed by atoms with Gasteiger partial charge < -0.3 is 24.8 Å². The Hall–Kier alpha value is -1.63. The van der Waals surface area contributed by atoms with Crippen molar-refractivity contribution in [3.05, 3.63) is 23.8 Å². The molecule has 144 valence electrons. The number of hydrogen-bond acceptors (Lipinski definition) is 5. The molecule has 6 heteroatoms. The van der Waals surface area contributed by atoms with Crippen molar-refractivity contribution in [2.45, 2.75) is 38.2 Å². The number of ether oxygens (including phenoxy) is 3. The van der Waals surface area contributed by atoms with E-state index in [1.54, 1.807) is 7.11 Å². The van der Waals surface area contributed by atoms with Crippen LogP contribution in [0.15, 0.2) is 18.2 Å². The van der Waals surface area contributed by atoms with Gasteiger partial charge in [0.1, 0.15) is 11.4 Å². The molecule has 1 aromatic rings. The third-order valence-electron chi connectivity index (χ3n) is 5.48. The Morgan fingerprint density at radius 3 is 2.73 bits per heavy atom. The summed E-state index contributed by atoms with van der Waals surface area (Å²) in [7, 11) is 1.61. The van der Waals surface area contributed by atoms with Gasteiger partial charge in [0, 0.05) is 32.1 Å². The van der Waals surface area contributed by atoms with E-state index in [1.807, 2.05) is 25.1 Å². The van der Waals surface area contributed by atoms with Crippen molar-refractivity contribution in [3.8, 4) is 5.75 Å². The first kappa shape index (κ1) is 19.1. The van der Waals surface area contributed by atoms with E-state index < -0.39 is 5.60 Å². The zero-order chi connectivity index (χ0) is 18.4. The van der Waals surface area contributed by atoms with Crippen LogP contribution >= 0.6 is 0 Å². The summed E-state index contributed by atoms with van der Waals surface area (Å²) in [6, 6.07) is 5.81. The van der Waals surface area contributed by atoms with Crippen LogP contribution in [0.1, 0.15) is 31.2 Å². The predicted octanol–water partition coefficient (Wildman–Crippen LogP) is 2.51. The zero-order valence-corrected chi connectivity index (χ0v) is 15.8. The first-order valence-electron chi connectivity index (χ1n) is 9.51. The van der Waals surface area contributed by atoms with Crippen molar-refractivity contribution >= 4 is 11.6 Å². The van der Waals surface area contributed by atoms with Crippen molar-refractivity contribution in [1.29, 1.82) is 0 Å². The highest BCUT2D eigenvalue weighted by atomic mass is 16.5. The fraction of sp³-hybridized carbons (Fsp3) is 0.650. The van der Waals surface area contributed by atoms with E-state index in [2.05, 4.69) is 10.6 Å². The van der Waals surface area contributed by atoms with Crippen LogP contribution in [0.4, 0.5) is 5.69 Å². The summed E-state index contributed by atoms with van der Waals surface area (Å²) in [4.78, 5) is 12.8. The van der Waals surface area contributed by atoms with Crippen molar-refractivity contribution in [3.63, 3.8) is 0 Å². The van der Waals surface area contributed by atoms with Crippen molar-refractivity contribution in [2.75, 3.05) is 45.3 Å². The average Bonchev–Trinajstić information content (AvgIpc) is 2.69.